The van der Waals surface area contributed by atoms with Crippen molar-refractivity contribution >= 4 is 17.4 Å². The predicted octanol–water partition coefficient (Wildman–Crippen LogP) is 3.09. The molecule has 0 aliphatic rings. The number of nitrogens with one attached hydrogen (secondary N) is 1. The smallest absolute Gasteiger partial charge is 0.0728 e. The molecule has 92 valence electrons. The van der Waals surface area contributed by atoms with Gasteiger partial charge < -0.3 is 5.32 Å². The molecule has 0 bridgehead atoms. The summed E-state index contributed by atoms with van der Waals surface area (Å²) < 4.78 is 1.94. The molecule has 0 saturated heterocycles. The molecule has 0 aromatic carbocycles. The molecule has 0 spiro atoms. The van der Waals surface area contributed by atoms with E-state index in [1.165, 1.54) is 5.75 Å². The van der Waals surface area contributed by atoms with E-state index >= 15 is 0 Å². The SMILES string of the molecule is CCn1cc(NC(C)CSCC(C)C)cn1. The van der Waals surface area contributed by atoms with E-state index < -0.39 is 0 Å². The lowest BCUT2D eigenvalue weighted by molar-refractivity contribution is 0.660. The fourth-order valence-electron chi connectivity index (χ4n) is 1.42. The maximum absolute atomic E-state index is 4.24. The van der Waals surface area contributed by atoms with Crippen LogP contribution in [0.5, 0.6) is 0 Å². The monoisotopic (exact) mass is 241 g/mol. The minimum Gasteiger partial charge on any atom is -0.379 e. The zero-order valence-electron chi connectivity index (χ0n) is 10.7. The van der Waals surface area contributed by atoms with Gasteiger partial charge in [0.15, 0.2) is 0 Å². The molecular weight excluding hydrogens is 218 g/mol. The summed E-state index contributed by atoms with van der Waals surface area (Å²) in [6.07, 6.45) is 3.96. The number of aromatic nitrogens is 2. The van der Waals surface area contributed by atoms with Crippen molar-refractivity contribution in [1.82, 2.24) is 9.78 Å². The lowest BCUT2D eigenvalue weighted by Gasteiger charge is -2.13. The Kier molecular flexibility index (Phi) is 5.74. The number of nitrogens with zero attached hydrogens (tertiary/aromatic N) is 2. The second-order valence-electron chi connectivity index (χ2n) is 4.56. The Balaban J connectivity index is 2.25. The molecule has 0 radical (unpaired) electrons. The van der Waals surface area contributed by atoms with Gasteiger partial charge >= 0.3 is 0 Å². The Labute approximate surface area is 103 Å². The average Bonchev–Trinajstić information content (AvgIpc) is 2.65. The maximum Gasteiger partial charge on any atom is 0.0728 e. The summed E-state index contributed by atoms with van der Waals surface area (Å²) >= 11 is 2.01. The number of anilines is 1. The van der Waals surface area contributed by atoms with E-state index in [1.54, 1.807) is 0 Å². The highest BCUT2D eigenvalue weighted by molar-refractivity contribution is 7.99. The molecule has 1 aromatic rings. The molecule has 1 aromatic heterocycles. The number of hydrogen-bond donors (Lipinski definition) is 1. The van der Waals surface area contributed by atoms with Crippen LogP contribution in [0, 0.1) is 5.92 Å². The van der Waals surface area contributed by atoms with Crippen molar-refractivity contribution < 1.29 is 0 Å². The molecule has 3 nitrogen and oxygen atoms in total. The zero-order valence-corrected chi connectivity index (χ0v) is 11.5. The van der Waals surface area contributed by atoms with Crippen LogP contribution in [0.1, 0.15) is 27.7 Å². The van der Waals surface area contributed by atoms with Crippen LogP contribution in [0.3, 0.4) is 0 Å². The van der Waals surface area contributed by atoms with Crippen molar-refractivity contribution in [2.24, 2.45) is 5.92 Å². The summed E-state index contributed by atoms with van der Waals surface area (Å²) in [4.78, 5) is 0. The quantitative estimate of drug-likeness (QED) is 0.795. The van der Waals surface area contributed by atoms with Gasteiger partial charge in [0, 0.05) is 24.5 Å². The maximum atomic E-state index is 4.24. The Hall–Kier alpha value is -0.640. The van der Waals surface area contributed by atoms with Crippen LogP contribution >= 0.6 is 11.8 Å². The Morgan fingerprint density at radius 3 is 2.69 bits per heavy atom. The second-order valence-corrected chi connectivity index (χ2v) is 5.64. The van der Waals surface area contributed by atoms with E-state index in [4.69, 9.17) is 0 Å². The molecule has 1 rings (SSSR count). The van der Waals surface area contributed by atoms with Crippen molar-refractivity contribution in [1.29, 1.82) is 0 Å². The highest BCUT2D eigenvalue weighted by Gasteiger charge is 2.04. The van der Waals surface area contributed by atoms with Crippen LogP contribution in [-0.4, -0.2) is 27.3 Å². The van der Waals surface area contributed by atoms with Crippen molar-refractivity contribution in [3.05, 3.63) is 12.4 Å². The third-order valence-corrected chi connectivity index (χ3v) is 3.83. The minimum absolute atomic E-state index is 0.498. The molecule has 0 amide bonds. The molecule has 0 aliphatic carbocycles. The second kappa shape index (κ2) is 6.84. The van der Waals surface area contributed by atoms with Crippen molar-refractivity contribution in [2.75, 3.05) is 16.8 Å². The average molecular weight is 241 g/mol. The van der Waals surface area contributed by atoms with Crippen LogP contribution in [0.25, 0.3) is 0 Å². The number of rotatable bonds is 7. The van der Waals surface area contributed by atoms with E-state index in [1.807, 2.05) is 22.6 Å². The topological polar surface area (TPSA) is 29.9 Å². The van der Waals surface area contributed by atoms with Gasteiger partial charge in [0.2, 0.25) is 0 Å². The molecule has 4 heteroatoms. The molecule has 1 heterocycles. The fraction of sp³-hybridized carbons (Fsp3) is 0.750. The van der Waals surface area contributed by atoms with Crippen molar-refractivity contribution in [3.8, 4) is 0 Å². The van der Waals surface area contributed by atoms with Crippen LogP contribution in [0.4, 0.5) is 5.69 Å². The largest absolute Gasteiger partial charge is 0.379 e. The summed E-state index contributed by atoms with van der Waals surface area (Å²) in [5, 5.41) is 7.71. The van der Waals surface area contributed by atoms with Gasteiger partial charge in [-0.25, -0.2) is 0 Å². The lowest BCUT2D eigenvalue weighted by atomic mass is 10.3. The van der Waals surface area contributed by atoms with Gasteiger partial charge in [-0.05, 0) is 25.5 Å². The third kappa shape index (κ3) is 4.92. The van der Waals surface area contributed by atoms with Gasteiger partial charge in [-0.1, -0.05) is 13.8 Å². The van der Waals surface area contributed by atoms with E-state index in [-0.39, 0.29) is 0 Å². The van der Waals surface area contributed by atoms with Crippen LogP contribution in [-0.2, 0) is 6.54 Å². The third-order valence-electron chi connectivity index (χ3n) is 2.19. The van der Waals surface area contributed by atoms with Gasteiger partial charge in [-0.3, -0.25) is 4.68 Å². The molecular formula is C12H23N3S. The summed E-state index contributed by atoms with van der Waals surface area (Å²) in [6, 6.07) is 0.498. The summed E-state index contributed by atoms with van der Waals surface area (Å²) in [6.45, 7) is 9.76. The normalized spacial score (nSPS) is 13.1. The molecule has 1 atom stereocenters. The van der Waals surface area contributed by atoms with Gasteiger partial charge in [-0.2, -0.15) is 16.9 Å². The van der Waals surface area contributed by atoms with Gasteiger partial charge in [0.25, 0.3) is 0 Å². The van der Waals surface area contributed by atoms with Crippen LogP contribution in [0.15, 0.2) is 12.4 Å². The van der Waals surface area contributed by atoms with Gasteiger partial charge in [0.05, 0.1) is 11.9 Å². The minimum atomic E-state index is 0.498. The summed E-state index contributed by atoms with van der Waals surface area (Å²) in [5.74, 6) is 3.16. The number of hydrogen-bond acceptors (Lipinski definition) is 3. The summed E-state index contributed by atoms with van der Waals surface area (Å²) in [5.41, 5.74) is 1.12. The molecule has 1 unspecified atom stereocenters. The Morgan fingerprint density at radius 2 is 2.12 bits per heavy atom. The number of aryl methyl sites for hydroxylation is 1. The first-order valence-corrected chi connectivity index (χ1v) is 7.14. The summed E-state index contributed by atoms with van der Waals surface area (Å²) in [7, 11) is 0. The standard InChI is InChI=1S/C12H23N3S/c1-5-15-7-12(6-13-15)14-11(4)9-16-8-10(2)3/h6-7,10-11,14H,5,8-9H2,1-4H3. The van der Waals surface area contributed by atoms with E-state index in [2.05, 4.69) is 44.3 Å². The Bertz CT molecular complexity index is 296. The van der Waals surface area contributed by atoms with E-state index in [9.17, 15) is 0 Å². The van der Waals surface area contributed by atoms with Crippen LogP contribution in [0.2, 0.25) is 0 Å². The van der Waals surface area contributed by atoms with Crippen molar-refractivity contribution in [2.45, 2.75) is 40.3 Å². The molecule has 16 heavy (non-hydrogen) atoms. The first-order valence-electron chi connectivity index (χ1n) is 5.98. The zero-order chi connectivity index (χ0) is 12.0. The number of thioether (sulfide) groups is 1. The first-order chi connectivity index (χ1) is 7.61. The lowest BCUT2D eigenvalue weighted by Crippen LogP contribution is -2.18. The first kappa shape index (κ1) is 13.4. The molecule has 1 N–H and O–H groups in total. The van der Waals surface area contributed by atoms with E-state index in [0.717, 1.165) is 23.9 Å². The molecule has 0 fully saturated rings. The predicted molar refractivity (Wildman–Crippen MR) is 73.1 cm³/mol. The Morgan fingerprint density at radius 1 is 1.38 bits per heavy atom. The fourth-order valence-corrected chi connectivity index (χ4v) is 2.46. The van der Waals surface area contributed by atoms with Gasteiger partial charge in [-0.15, -0.1) is 0 Å². The van der Waals surface area contributed by atoms with Gasteiger partial charge in [0.1, 0.15) is 0 Å². The highest BCUT2D eigenvalue weighted by atomic mass is 32.2. The molecule has 0 saturated carbocycles. The highest BCUT2D eigenvalue weighted by Crippen LogP contribution is 2.12. The molecule has 0 aliphatic heterocycles. The van der Waals surface area contributed by atoms with E-state index in [0.29, 0.717) is 6.04 Å². The van der Waals surface area contributed by atoms with Crippen molar-refractivity contribution in [3.63, 3.8) is 0 Å². The van der Waals surface area contributed by atoms with Crippen LogP contribution < -0.4 is 5.32 Å².